The van der Waals surface area contributed by atoms with Crippen LogP contribution >= 0.6 is 0 Å². The molecule has 6 nitrogen and oxygen atoms in total. The number of amides is 2. The zero-order valence-electron chi connectivity index (χ0n) is 15.5. The standard InChI is InChI=1S/C20H31N5O/c26-20(23-18-6-7-19-17(11-18)13-22-24-19)21-12-15-4-3-5-16(10-15)14-25-8-1-2-9-25/h3-5,10,17-19,22,24H,1-2,6-9,11-14H2,(H2,21,23,26). The molecule has 142 valence electrons. The summed E-state index contributed by atoms with van der Waals surface area (Å²) in [5.41, 5.74) is 9.07. The summed E-state index contributed by atoms with van der Waals surface area (Å²) in [7, 11) is 0. The van der Waals surface area contributed by atoms with Crippen LogP contribution in [0, 0.1) is 5.92 Å². The number of hydrazine groups is 1. The van der Waals surface area contributed by atoms with Gasteiger partial charge < -0.3 is 10.6 Å². The zero-order valence-corrected chi connectivity index (χ0v) is 15.5. The lowest BCUT2D eigenvalue weighted by molar-refractivity contribution is 0.222. The third-order valence-electron chi connectivity index (χ3n) is 6.02. The molecule has 4 N–H and O–H groups in total. The predicted molar refractivity (Wildman–Crippen MR) is 102 cm³/mol. The molecular formula is C20H31N5O. The van der Waals surface area contributed by atoms with Gasteiger partial charge in [-0.15, -0.1) is 0 Å². The highest BCUT2D eigenvalue weighted by Gasteiger charge is 2.34. The maximum atomic E-state index is 12.3. The number of carbonyl (C=O) groups is 1. The van der Waals surface area contributed by atoms with Gasteiger partial charge in [0.15, 0.2) is 0 Å². The summed E-state index contributed by atoms with van der Waals surface area (Å²) in [4.78, 5) is 14.8. The SMILES string of the molecule is O=C(NCc1cccc(CN2CCCC2)c1)NC1CCC2NNCC2C1. The first-order chi connectivity index (χ1) is 12.8. The minimum absolute atomic E-state index is 0.0442. The second kappa shape index (κ2) is 8.37. The van der Waals surface area contributed by atoms with Crippen LogP contribution in [0.15, 0.2) is 24.3 Å². The molecule has 0 aromatic heterocycles. The molecular weight excluding hydrogens is 326 g/mol. The van der Waals surface area contributed by atoms with Crippen molar-refractivity contribution in [2.75, 3.05) is 19.6 Å². The molecule has 3 aliphatic rings. The fourth-order valence-electron chi connectivity index (χ4n) is 4.59. The van der Waals surface area contributed by atoms with Crippen LogP contribution in [0.3, 0.4) is 0 Å². The van der Waals surface area contributed by atoms with Crippen LogP contribution in [0.2, 0.25) is 0 Å². The average molecular weight is 358 g/mol. The average Bonchev–Trinajstić information content (AvgIpc) is 3.31. The van der Waals surface area contributed by atoms with Crippen molar-refractivity contribution in [3.05, 3.63) is 35.4 Å². The number of hydrogen-bond donors (Lipinski definition) is 4. The Morgan fingerprint density at radius 2 is 2.04 bits per heavy atom. The van der Waals surface area contributed by atoms with E-state index in [2.05, 4.69) is 50.7 Å². The minimum atomic E-state index is -0.0442. The molecule has 2 amide bonds. The van der Waals surface area contributed by atoms with E-state index >= 15 is 0 Å². The first-order valence-corrected chi connectivity index (χ1v) is 10.1. The van der Waals surface area contributed by atoms with E-state index < -0.39 is 0 Å². The van der Waals surface area contributed by atoms with E-state index in [1.165, 1.54) is 37.1 Å². The number of rotatable bonds is 5. The van der Waals surface area contributed by atoms with Gasteiger partial charge in [0.2, 0.25) is 0 Å². The fraction of sp³-hybridized carbons (Fsp3) is 0.650. The van der Waals surface area contributed by atoms with Gasteiger partial charge in [-0.2, -0.15) is 0 Å². The van der Waals surface area contributed by atoms with Gasteiger partial charge in [0.1, 0.15) is 0 Å². The van der Waals surface area contributed by atoms with Crippen LogP contribution in [-0.2, 0) is 13.1 Å². The number of nitrogens with zero attached hydrogens (tertiary/aromatic N) is 1. The van der Waals surface area contributed by atoms with Crippen LogP contribution in [-0.4, -0.2) is 42.6 Å². The first kappa shape index (κ1) is 17.8. The lowest BCUT2D eigenvalue weighted by Crippen LogP contribution is -2.47. The van der Waals surface area contributed by atoms with Crippen LogP contribution in [0.1, 0.15) is 43.2 Å². The van der Waals surface area contributed by atoms with Gasteiger partial charge in [0.25, 0.3) is 0 Å². The van der Waals surface area contributed by atoms with Gasteiger partial charge in [0, 0.05) is 31.7 Å². The number of carbonyl (C=O) groups excluding carboxylic acids is 1. The van der Waals surface area contributed by atoms with Crippen molar-refractivity contribution < 1.29 is 4.79 Å². The van der Waals surface area contributed by atoms with E-state index in [4.69, 9.17) is 0 Å². The van der Waals surface area contributed by atoms with Crippen LogP contribution in [0.4, 0.5) is 4.79 Å². The maximum Gasteiger partial charge on any atom is 0.315 e. The molecule has 2 aliphatic heterocycles. The molecule has 1 aromatic carbocycles. The Bertz CT molecular complexity index is 616. The monoisotopic (exact) mass is 357 g/mol. The molecule has 1 aromatic rings. The van der Waals surface area contributed by atoms with Crippen molar-refractivity contribution in [1.82, 2.24) is 26.4 Å². The van der Waals surface area contributed by atoms with Crippen molar-refractivity contribution in [2.45, 2.75) is 57.3 Å². The zero-order chi connectivity index (χ0) is 17.8. The minimum Gasteiger partial charge on any atom is -0.335 e. The van der Waals surface area contributed by atoms with E-state index in [1.54, 1.807) is 0 Å². The Morgan fingerprint density at radius 1 is 1.19 bits per heavy atom. The summed E-state index contributed by atoms with van der Waals surface area (Å²) in [6.07, 6.45) is 5.87. The lowest BCUT2D eigenvalue weighted by Gasteiger charge is -2.31. The highest BCUT2D eigenvalue weighted by molar-refractivity contribution is 5.74. The molecule has 3 fully saturated rings. The highest BCUT2D eigenvalue weighted by atomic mass is 16.2. The molecule has 4 rings (SSSR count). The molecule has 3 unspecified atom stereocenters. The lowest BCUT2D eigenvalue weighted by atomic mass is 9.83. The summed E-state index contributed by atoms with van der Waals surface area (Å²) >= 11 is 0. The number of nitrogens with one attached hydrogen (secondary N) is 4. The molecule has 26 heavy (non-hydrogen) atoms. The topological polar surface area (TPSA) is 68.4 Å². The molecule has 3 atom stereocenters. The number of hydrogen-bond acceptors (Lipinski definition) is 4. The quantitative estimate of drug-likeness (QED) is 0.648. The molecule has 0 spiro atoms. The van der Waals surface area contributed by atoms with Crippen LogP contribution in [0.5, 0.6) is 0 Å². The first-order valence-electron chi connectivity index (χ1n) is 10.1. The summed E-state index contributed by atoms with van der Waals surface area (Å²) in [5, 5.41) is 6.19. The maximum absolute atomic E-state index is 12.3. The molecule has 0 radical (unpaired) electrons. The molecule has 1 aliphatic carbocycles. The molecule has 6 heteroatoms. The van der Waals surface area contributed by atoms with Crippen molar-refractivity contribution in [2.24, 2.45) is 5.92 Å². The van der Waals surface area contributed by atoms with Gasteiger partial charge in [-0.3, -0.25) is 15.8 Å². The molecule has 2 saturated heterocycles. The highest BCUT2D eigenvalue weighted by Crippen LogP contribution is 2.26. The Hall–Kier alpha value is -1.63. The van der Waals surface area contributed by atoms with Crippen molar-refractivity contribution in [3.8, 4) is 0 Å². The summed E-state index contributed by atoms with van der Waals surface area (Å²) in [6.45, 7) is 5.03. The molecule has 0 bridgehead atoms. The second-order valence-electron chi connectivity index (χ2n) is 8.03. The number of benzene rings is 1. The smallest absolute Gasteiger partial charge is 0.315 e. The number of urea groups is 1. The largest absolute Gasteiger partial charge is 0.335 e. The second-order valence-corrected chi connectivity index (χ2v) is 8.03. The van der Waals surface area contributed by atoms with Gasteiger partial charge >= 0.3 is 6.03 Å². The van der Waals surface area contributed by atoms with Crippen molar-refractivity contribution in [3.63, 3.8) is 0 Å². The van der Waals surface area contributed by atoms with E-state index in [1.807, 2.05) is 0 Å². The third-order valence-corrected chi connectivity index (χ3v) is 6.02. The van der Waals surface area contributed by atoms with Crippen molar-refractivity contribution >= 4 is 6.03 Å². The van der Waals surface area contributed by atoms with E-state index in [9.17, 15) is 4.79 Å². The van der Waals surface area contributed by atoms with Gasteiger partial charge in [-0.25, -0.2) is 4.79 Å². The fourth-order valence-corrected chi connectivity index (χ4v) is 4.59. The summed E-state index contributed by atoms with van der Waals surface area (Å²) in [5.74, 6) is 0.635. The summed E-state index contributed by atoms with van der Waals surface area (Å²) in [6, 6.07) is 9.42. The predicted octanol–water partition coefficient (Wildman–Crippen LogP) is 1.73. The van der Waals surface area contributed by atoms with Crippen molar-refractivity contribution in [1.29, 1.82) is 0 Å². The normalized spacial score (nSPS) is 28.7. The van der Waals surface area contributed by atoms with Gasteiger partial charge in [-0.05, 0) is 62.2 Å². The van der Waals surface area contributed by atoms with Crippen LogP contribution in [0.25, 0.3) is 0 Å². The Labute approximate surface area is 156 Å². The number of likely N-dealkylation sites (tertiary alicyclic amines) is 1. The Balaban J connectivity index is 1.22. The third kappa shape index (κ3) is 4.55. The Morgan fingerprint density at radius 3 is 2.92 bits per heavy atom. The molecule has 1 saturated carbocycles. The van der Waals surface area contributed by atoms with E-state index in [0.717, 1.165) is 32.4 Å². The molecule has 2 heterocycles. The number of fused-ring (bicyclic) bond motifs is 1. The van der Waals surface area contributed by atoms with Gasteiger partial charge in [0.05, 0.1) is 0 Å². The van der Waals surface area contributed by atoms with Crippen LogP contribution < -0.4 is 21.5 Å². The Kier molecular flexibility index (Phi) is 5.72. The van der Waals surface area contributed by atoms with E-state index in [0.29, 0.717) is 24.5 Å². The van der Waals surface area contributed by atoms with Gasteiger partial charge in [-0.1, -0.05) is 24.3 Å². The van der Waals surface area contributed by atoms with E-state index in [-0.39, 0.29) is 6.03 Å². The summed E-state index contributed by atoms with van der Waals surface area (Å²) < 4.78 is 0.